The van der Waals surface area contributed by atoms with Gasteiger partial charge in [0, 0.05) is 21.2 Å². The molecule has 2 nitrogen and oxygen atoms in total. The minimum Gasteiger partial charge on any atom is -0.286 e. The Balaban J connectivity index is 1.96. The molecule has 1 atom stereocenters. The molecule has 0 aromatic carbocycles. The fraction of sp³-hybridized carbons (Fsp3) is 0.333. The van der Waals surface area contributed by atoms with E-state index >= 15 is 0 Å². The van der Waals surface area contributed by atoms with Crippen LogP contribution >= 0.6 is 22.7 Å². The smallest absolute Gasteiger partial charge is 0.0670 e. The molecule has 0 saturated heterocycles. The summed E-state index contributed by atoms with van der Waals surface area (Å²) in [7, 11) is 0. The molecule has 0 fully saturated rings. The average Bonchev–Trinajstić information content (AvgIpc) is 3.07. The standard InChI is InChI=1S/C15H18N2S2/c1-11(17-13(3)15-7-5-9-19-15)10-16-12(2)14-6-4-8-18-14/h4-9,11H,10H2,1-3H3/t11-/m0/s1. The molecule has 0 bridgehead atoms. The van der Waals surface area contributed by atoms with Gasteiger partial charge < -0.3 is 0 Å². The van der Waals surface area contributed by atoms with Gasteiger partial charge in [-0.2, -0.15) is 0 Å². The van der Waals surface area contributed by atoms with Gasteiger partial charge in [-0.05, 0) is 43.7 Å². The van der Waals surface area contributed by atoms with Gasteiger partial charge in [0.15, 0.2) is 0 Å². The molecule has 2 rings (SSSR count). The van der Waals surface area contributed by atoms with Crippen molar-refractivity contribution < 1.29 is 0 Å². The van der Waals surface area contributed by atoms with E-state index in [-0.39, 0.29) is 6.04 Å². The van der Waals surface area contributed by atoms with Crippen LogP contribution in [0.15, 0.2) is 45.0 Å². The molecular weight excluding hydrogens is 272 g/mol. The molecule has 2 heterocycles. The third-order valence-electron chi connectivity index (χ3n) is 2.76. The van der Waals surface area contributed by atoms with Crippen LogP contribution in [0.5, 0.6) is 0 Å². The molecule has 0 radical (unpaired) electrons. The lowest BCUT2D eigenvalue weighted by Gasteiger charge is -2.05. The van der Waals surface area contributed by atoms with E-state index in [0.717, 1.165) is 18.0 Å². The van der Waals surface area contributed by atoms with Crippen molar-refractivity contribution in [2.24, 2.45) is 9.98 Å². The van der Waals surface area contributed by atoms with Gasteiger partial charge in [-0.1, -0.05) is 12.1 Å². The van der Waals surface area contributed by atoms with Crippen molar-refractivity contribution in [3.63, 3.8) is 0 Å². The minimum absolute atomic E-state index is 0.219. The maximum Gasteiger partial charge on any atom is 0.0670 e. The van der Waals surface area contributed by atoms with Gasteiger partial charge in [-0.3, -0.25) is 9.98 Å². The molecule has 0 aliphatic carbocycles. The van der Waals surface area contributed by atoms with Gasteiger partial charge in [0.1, 0.15) is 0 Å². The Morgan fingerprint density at radius 3 is 2.16 bits per heavy atom. The van der Waals surface area contributed by atoms with Gasteiger partial charge in [-0.25, -0.2) is 0 Å². The highest BCUT2D eigenvalue weighted by Crippen LogP contribution is 2.12. The van der Waals surface area contributed by atoms with E-state index in [0.29, 0.717) is 0 Å². The minimum atomic E-state index is 0.219. The Bertz CT molecular complexity index is 551. The van der Waals surface area contributed by atoms with Crippen LogP contribution in [0.4, 0.5) is 0 Å². The second kappa shape index (κ2) is 6.78. The first kappa shape index (κ1) is 14.2. The first-order valence-electron chi connectivity index (χ1n) is 6.30. The van der Waals surface area contributed by atoms with E-state index in [1.54, 1.807) is 22.7 Å². The Labute approximate surface area is 122 Å². The fourth-order valence-corrected chi connectivity index (χ4v) is 3.13. The van der Waals surface area contributed by atoms with Gasteiger partial charge in [0.25, 0.3) is 0 Å². The summed E-state index contributed by atoms with van der Waals surface area (Å²) in [5, 5.41) is 4.16. The van der Waals surface area contributed by atoms with Crippen molar-refractivity contribution in [2.45, 2.75) is 26.8 Å². The molecule has 0 aliphatic rings. The van der Waals surface area contributed by atoms with Crippen LogP contribution in [0.1, 0.15) is 30.5 Å². The third-order valence-corrected chi connectivity index (χ3v) is 4.72. The highest BCUT2D eigenvalue weighted by atomic mass is 32.1. The first-order valence-corrected chi connectivity index (χ1v) is 8.06. The summed E-state index contributed by atoms with van der Waals surface area (Å²) in [6, 6.07) is 8.55. The van der Waals surface area contributed by atoms with Crippen LogP contribution in [0.25, 0.3) is 0 Å². The Kier molecular flexibility index (Phi) is 5.05. The SMILES string of the molecule is CC(=NC[C@H](C)N=C(C)c1cccs1)c1cccs1. The van der Waals surface area contributed by atoms with Crippen LogP contribution in [0.3, 0.4) is 0 Å². The zero-order chi connectivity index (χ0) is 13.7. The monoisotopic (exact) mass is 290 g/mol. The van der Waals surface area contributed by atoms with Crippen molar-refractivity contribution in [3.05, 3.63) is 44.8 Å². The van der Waals surface area contributed by atoms with Crippen molar-refractivity contribution in [1.82, 2.24) is 0 Å². The summed E-state index contributed by atoms with van der Waals surface area (Å²) >= 11 is 3.46. The predicted molar refractivity (Wildman–Crippen MR) is 87.4 cm³/mol. The second-order valence-corrected chi connectivity index (χ2v) is 6.34. The van der Waals surface area contributed by atoms with Crippen molar-refractivity contribution in [1.29, 1.82) is 0 Å². The lowest BCUT2D eigenvalue weighted by molar-refractivity contribution is 0.756. The quantitative estimate of drug-likeness (QED) is 0.724. The summed E-state index contributed by atoms with van der Waals surface area (Å²) in [5.41, 5.74) is 2.21. The summed E-state index contributed by atoms with van der Waals surface area (Å²) in [4.78, 5) is 11.8. The van der Waals surface area contributed by atoms with E-state index < -0.39 is 0 Å². The van der Waals surface area contributed by atoms with E-state index in [1.165, 1.54) is 9.75 Å². The van der Waals surface area contributed by atoms with Crippen molar-refractivity contribution in [3.8, 4) is 0 Å². The number of hydrogen-bond acceptors (Lipinski definition) is 4. The van der Waals surface area contributed by atoms with Gasteiger partial charge >= 0.3 is 0 Å². The summed E-state index contributed by atoms with van der Waals surface area (Å²) in [6.45, 7) is 6.99. The lowest BCUT2D eigenvalue weighted by Crippen LogP contribution is -2.08. The molecule has 4 heteroatoms. The number of nitrogens with zero attached hydrogens (tertiary/aromatic N) is 2. The summed E-state index contributed by atoms with van der Waals surface area (Å²) in [6.07, 6.45) is 0. The molecule has 0 unspecified atom stereocenters. The van der Waals surface area contributed by atoms with Crippen LogP contribution in [-0.4, -0.2) is 24.0 Å². The zero-order valence-corrected chi connectivity index (χ0v) is 13.1. The summed E-state index contributed by atoms with van der Waals surface area (Å²) < 4.78 is 0. The number of thiophene rings is 2. The normalized spacial score (nSPS) is 14.7. The van der Waals surface area contributed by atoms with Crippen LogP contribution in [0, 0.1) is 0 Å². The third kappa shape index (κ3) is 4.11. The topological polar surface area (TPSA) is 24.7 Å². The Hall–Kier alpha value is -1.26. The summed E-state index contributed by atoms with van der Waals surface area (Å²) in [5.74, 6) is 0. The molecule has 0 aliphatic heterocycles. The van der Waals surface area contributed by atoms with Crippen LogP contribution in [0.2, 0.25) is 0 Å². The highest BCUT2D eigenvalue weighted by Gasteiger charge is 2.03. The van der Waals surface area contributed by atoms with E-state index in [2.05, 4.69) is 60.8 Å². The van der Waals surface area contributed by atoms with Gasteiger partial charge in [0.2, 0.25) is 0 Å². The molecule has 0 saturated carbocycles. The molecule has 2 aromatic rings. The van der Waals surface area contributed by atoms with Crippen molar-refractivity contribution in [2.75, 3.05) is 6.54 Å². The average molecular weight is 290 g/mol. The van der Waals surface area contributed by atoms with Gasteiger partial charge in [-0.15, -0.1) is 22.7 Å². The second-order valence-electron chi connectivity index (χ2n) is 4.44. The maximum atomic E-state index is 4.70. The highest BCUT2D eigenvalue weighted by molar-refractivity contribution is 7.12. The molecule has 0 spiro atoms. The number of rotatable bonds is 5. The zero-order valence-electron chi connectivity index (χ0n) is 11.5. The molecule has 0 N–H and O–H groups in total. The molecule has 2 aromatic heterocycles. The van der Waals surface area contributed by atoms with Gasteiger partial charge in [0.05, 0.1) is 12.6 Å². The van der Waals surface area contributed by atoms with E-state index in [4.69, 9.17) is 4.99 Å². The van der Waals surface area contributed by atoms with Crippen LogP contribution < -0.4 is 0 Å². The molecule has 19 heavy (non-hydrogen) atoms. The lowest BCUT2D eigenvalue weighted by atomic mass is 10.3. The molecular formula is C15H18N2S2. The fourth-order valence-electron chi connectivity index (χ4n) is 1.75. The van der Waals surface area contributed by atoms with E-state index in [1.807, 2.05) is 0 Å². The molecule has 0 amide bonds. The van der Waals surface area contributed by atoms with E-state index in [9.17, 15) is 0 Å². The largest absolute Gasteiger partial charge is 0.286 e. The van der Waals surface area contributed by atoms with Crippen molar-refractivity contribution >= 4 is 34.1 Å². The Morgan fingerprint density at radius 2 is 1.63 bits per heavy atom. The predicted octanol–water partition coefficient (Wildman–Crippen LogP) is 4.52. The first-order chi connectivity index (χ1) is 9.16. The number of hydrogen-bond donors (Lipinski definition) is 0. The molecule has 100 valence electrons. The maximum absolute atomic E-state index is 4.70. The number of aliphatic imine (C=N–C) groups is 2. The Morgan fingerprint density at radius 1 is 1.05 bits per heavy atom. The van der Waals surface area contributed by atoms with Crippen LogP contribution in [-0.2, 0) is 0 Å².